The summed E-state index contributed by atoms with van der Waals surface area (Å²) < 4.78 is 25.9. The van der Waals surface area contributed by atoms with E-state index in [0.717, 1.165) is 5.01 Å². The molecule has 0 aromatic heterocycles. The summed E-state index contributed by atoms with van der Waals surface area (Å²) in [5, 5.41) is 9.10. The fourth-order valence-corrected chi connectivity index (χ4v) is 2.98. The molecule has 1 aliphatic heterocycles. The standard InChI is InChI=1S/C13H12Cl3F2N3O3/c1-5-20(12(17)18)13(24)19-21(5)10-3-6(2-9(16)11(22)23)7(14)4-8(10)15/h3-5,9,12H,2H2,1H3,(H,19,24)(H,22,23). The average molecular weight is 403 g/mol. The van der Waals surface area contributed by atoms with Gasteiger partial charge in [0.05, 0.1) is 10.7 Å². The molecule has 0 aliphatic carbocycles. The van der Waals surface area contributed by atoms with Crippen LogP contribution in [0.15, 0.2) is 12.1 Å². The zero-order valence-electron chi connectivity index (χ0n) is 12.1. The number of amides is 2. The van der Waals surface area contributed by atoms with Crippen LogP contribution < -0.4 is 10.4 Å². The molecule has 1 saturated heterocycles. The molecule has 2 N–H and O–H groups in total. The van der Waals surface area contributed by atoms with Gasteiger partial charge in [-0.25, -0.2) is 15.1 Å². The molecule has 11 heteroatoms. The van der Waals surface area contributed by atoms with E-state index in [2.05, 4.69) is 5.43 Å². The SMILES string of the molecule is CC1N(c2cc(CC(Cl)C(=O)O)c(Cl)cc2Cl)NC(=O)N1C(F)F. The topological polar surface area (TPSA) is 72.9 Å². The molecule has 1 fully saturated rings. The Morgan fingerprint density at radius 2 is 2.00 bits per heavy atom. The fourth-order valence-electron chi connectivity index (χ4n) is 2.26. The summed E-state index contributed by atoms with van der Waals surface area (Å²) >= 11 is 17.8. The van der Waals surface area contributed by atoms with E-state index in [1.165, 1.54) is 19.1 Å². The molecular weight excluding hydrogens is 391 g/mol. The Morgan fingerprint density at radius 3 is 2.50 bits per heavy atom. The number of nitrogens with one attached hydrogen (secondary N) is 1. The van der Waals surface area contributed by atoms with Crippen molar-refractivity contribution in [1.82, 2.24) is 10.3 Å². The molecule has 1 aromatic rings. The van der Waals surface area contributed by atoms with E-state index in [1.807, 2.05) is 0 Å². The highest BCUT2D eigenvalue weighted by atomic mass is 35.5. The Balaban J connectivity index is 2.37. The van der Waals surface area contributed by atoms with Crippen LogP contribution >= 0.6 is 34.8 Å². The third-order valence-corrected chi connectivity index (χ3v) is 4.48. The van der Waals surface area contributed by atoms with E-state index >= 15 is 0 Å². The number of urea groups is 1. The number of carboxylic acid groups (broad SMARTS) is 1. The van der Waals surface area contributed by atoms with Crippen LogP contribution in [0.4, 0.5) is 19.3 Å². The summed E-state index contributed by atoms with van der Waals surface area (Å²) in [4.78, 5) is 22.9. The predicted octanol–water partition coefficient (Wildman–Crippen LogP) is 3.54. The molecule has 2 amide bonds. The summed E-state index contributed by atoms with van der Waals surface area (Å²) in [5.41, 5.74) is 2.84. The molecule has 1 aromatic carbocycles. The Morgan fingerprint density at radius 1 is 1.38 bits per heavy atom. The number of aliphatic carboxylic acids is 1. The monoisotopic (exact) mass is 401 g/mol. The highest BCUT2D eigenvalue weighted by Gasteiger charge is 2.40. The Hall–Kier alpha value is -1.51. The van der Waals surface area contributed by atoms with E-state index in [9.17, 15) is 18.4 Å². The number of rotatable bonds is 5. The molecule has 2 unspecified atom stereocenters. The summed E-state index contributed by atoms with van der Waals surface area (Å²) in [5.74, 6) is -1.23. The second-order valence-corrected chi connectivity index (χ2v) is 6.35. The zero-order chi connectivity index (χ0) is 18.2. The maximum atomic E-state index is 12.9. The van der Waals surface area contributed by atoms with Crippen LogP contribution in [-0.4, -0.2) is 40.1 Å². The van der Waals surface area contributed by atoms with Gasteiger partial charge in [0.15, 0.2) is 0 Å². The first-order valence-corrected chi connectivity index (χ1v) is 7.83. The van der Waals surface area contributed by atoms with Crippen molar-refractivity contribution >= 4 is 52.5 Å². The van der Waals surface area contributed by atoms with Crippen LogP contribution in [-0.2, 0) is 11.2 Å². The molecule has 0 bridgehead atoms. The minimum absolute atomic E-state index is 0.103. The second-order valence-electron chi connectivity index (χ2n) is 5.01. The van der Waals surface area contributed by atoms with Crippen molar-refractivity contribution in [2.45, 2.75) is 31.4 Å². The van der Waals surface area contributed by atoms with Crippen LogP contribution in [0.3, 0.4) is 0 Å². The Labute approximate surface area is 150 Å². The molecule has 0 radical (unpaired) electrons. The van der Waals surface area contributed by atoms with Crippen LogP contribution in [0, 0.1) is 0 Å². The summed E-state index contributed by atoms with van der Waals surface area (Å²) in [6, 6.07) is 1.77. The maximum absolute atomic E-state index is 12.9. The Kier molecular flexibility index (Phi) is 5.62. The van der Waals surface area contributed by atoms with Gasteiger partial charge in [-0.1, -0.05) is 23.2 Å². The number of carboxylic acids is 1. The van der Waals surface area contributed by atoms with Crippen molar-refractivity contribution in [3.8, 4) is 0 Å². The second kappa shape index (κ2) is 7.16. The predicted molar refractivity (Wildman–Crippen MR) is 85.8 cm³/mol. The smallest absolute Gasteiger partial charge is 0.342 e. The number of hydrogen-bond acceptors (Lipinski definition) is 3. The van der Waals surface area contributed by atoms with Gasteiger partial charge in [0.1, 0.15) is 11.5 Å². The van der Waals surface area contributed by atoms with Crippen molar-refractivity contribution in [3.63, 3.8) is 0 Å². The van der Waals surface area contributed by atoms with Gasteiger partial charge >= 0.3 is 18.5 Å². The third-order valence-electron chi connectivity index (χ3n) is 3.48. The molecule has 1 aliphatic rings. The van der Waals surface area contributed by atoms with E-state index in [1.54, 1.807) is 0 Å². The number of nitrogens with zero attached hydrogens (tertiary/aromatic N) is 2. The van der Waals surface area contributed by atoms with Crippen molar-refractivity contribution in [2.75, 3.05) is 5.01 Å². The first-order valence-electron chi connectivity index (χ1n) is 6.64. The van der Waals surface area contributed by atoms with Gasteiger partial charge in [-0.3, -0.25) is 9.80 Å². The molecule has 2 atom stereocenters. The molecule has 1 heterocycles. The minimum Gasteiger partial charge on any atom is -0.480 e. The van der Waals surface area contributed by atoms with Crippen molar-refractivity contribution in [2.24, 2.45) is 0 Å². The number of hydrazine groups is 1. The first-order chi connectivity index (χ1) is 11.1. The van der Waals surface area contributed by atoms with Gasteiger partial charge in [0.2, 0.25) is 0 Å². The lowest BCUT2D eigenvalue weighted by Gasteiger charge is -2.27. The van der Waals surface area contributed by atoms with Crippen molar-refractivity contribution in [1.29, 1.82) is 0 Å². The molecule has 0 spiro atoms. The Bertz CT molecular complexity index is 677. The highest BCUT2D eigenvalue weighted by Crippen LogP contribution is 2.35. The van der Waals surface area contributed by atoms with Gasteiger partial charge < -0.3 is 5.11 Å². The lowest BCUT2D eigenvalue weighted by atomic mass is 10.1. The normalized spacial score (nSPS) is 19.0. The lowest BCUT2D eigenvalue weighted by molar-refractivity contribution is -0.136. The summed E-state index contributed by atoms with van der Waals surface area (Å²) in [6.07, 6.45) is -1.12. The van der Waals surface area contributed by atoms with E-state index in [-0.39, 0.29) is 22.2 Å². The summed E-state index contributed by atoms with van der Waals surface area (Å²) in [6.45, 7) is -1.61. The number of carbonyl (C=O) groups is 2. The van der Waals surface area contributed by atoms with Crippen LogP contribution in [0.2, 0.25) is 10.0 Å². The number of benzene rings is 1. The van der Waals surface area contributed by atoms with Gasteiger partial charge in [-0.15, -0.1) is 11.6 Å². The number of hydrogen-bond donors (Lipinski definition) is 2. The first kappa shape index (κ1) is 18.8. The number of alkyl halides is 3. The molecule has 24 heavy (non-hydrogen) atoms. The van der Waals surface area contributed by atoms with Gasteiger partial charge in [-0.05, 0) is 24.6 Å². The lowest BCUT2D eigenvalue weighted by Crippen LogP contribution is -2.40. The average Bonchev–Trinajstić information content (AvgIpc) is 2.76. The molecule has 6 nitrogen and oxygen atoms in total. The highest BCUT2D eigenvalue weighted by molar-refractivity contribution is 6.37. The van der Waals surface area contributed by atoms with Crippen LogP contribution in [0.5, 0.6) is 0 Å². The molecule has 132 valence electrons. The minimum atomic E-state index is -2.99. The molecular formula is C13H12Cl3F2N3O3. The number of halogens is 5. The third kappa shape index (κ3) is 3.60. The van der Waals surface area contributed by atoms with Gasteiger partial charge in [0, 0.05) is 11.4 Å². The van der Waals surface area contributed by atoms with Crippen LogP contribution in [0.1, 0.15) is 12.5 Å². The number of anilines is 1. The van der Waals surface area contributed by atoms with Crippen molar-refractivity contribution in [3.05, 3.63) is 27.7 Å². The molecule has 0 saturated carbocycles. The quantitative estimate of drug-likeness (QED) is 0.584. The maximum Gasteiger partial charge on any atom is 0.342 e. The van der Waals surface area contributed by atoms with Gasteiger partial charge in [-0.2, -0.15) is 8.78 Å². The van der Waals surface area contributed by atoms with E-state index < -0.39 is 30.1 Å². The zero-order valence-corrected chi connectivity index (χ0v) is 14.4. The number of carbonyl (C=O) groups excluding carboxylic acids is 1. The molecule has 2 rings (SSSR count). The summed E-state index contributed by atoms with van der Waals surface area (Å²) in [7, 11) is 0. The van der Waals surface area contributed by atoms with Gasteiger partial charge in [0.25, 0.3) is 0 Å². The van der Waals surface area contributed by atoms with E-state index in [4.69, 9.17) is 39.9 Å². The fraction of sp³-hybridized carbons (Fsp3) is 0.385. The largest absolute Gasteiger partial charge is 0.480 e. The van der Waals surface area contributed by atoms with Crippen LogP contribution in [0.25, 0.3) is 0 Å². The van der Waals surface area contributed by atoms with E-state index in [0.29, 0.717) is 10.5 Å². The van der Waals surface area contributed by atoms with Crippen molar-refractivity contribution < 1.29 is 23.5 Å².